The molecule has 0 N–H and O–H groups in total. The van der Waals surface area contributed by atoms with E-state index in [1.165, 1.54) is 11.1 Å². The maximum Gasteiger partial charge on any atom is 1.00 e. The van der Waals surface area contributed by atoms with Gasteiger partial charge in [-0.15, -0.1) is 0 Å². The predicted octanol–water partition coefficient (Wildman–Crippen LogP) is 1.23. The molecule has 0 fully saturated rings. The Morgan fingerprint density at radius 2 is 1.42 bits per heavy atom. The van der Waals surface area contributed by atoms with Gasteiger partial charge >= 0.3 is 29.6 Å². The van der Waals surface area contributed by atoms with Gasteiger partial charge in [0.15, 0.2) is 0 Å². The van der Waals surface area contributed by atoms with Crippen molar-refractivity contribution < 1.29 is 49.0 Å². The Morgan fingerprint density at radius 3 is 2.00 bits per heavy atom. The van der Waals surface area contributed by atoms with Crippen molar-refractivity contribution in [1.29, 1.82) is 0 Å². The van der Waals surface area contributed by atoms with Crippen molar-refractivity contribution in [3.63, 3.8) is 0 Å². The summed E-state index contributed by atoms with van der Waals surface area (Å²) >= 11 is 0. The molecule has 0 spiro atoms. The van der Waals surface area contributed by atoms with Crippen molar-refractivity contribution in [3.05, 3.63) is 101 Å². The third-order valence-corrected chi connectivity index (χ3v) is 4.95. The largest absolute Gasteiger partial charge is 1.00 e. The van der Waals surface area contributed by atoms with Crippen LogP contribution in [0.4, 0.5) is 0 Å². The van der Waals surface area contributed by atoms with Crippen LogP contribution in [0.25, 0.3) is 0 Å². The number of carbonyl (C=O) groups is 1. The van der Waals surface area contributed by atoms with Gasteiger partial charge in [-0.05, 0) is 44.4 Å². The molecule has 0 aliphatic rings. The SMILES string of the molecule is Cc1ccc(C(=NOCCCCOc2cccc(CC(=O)[O-])c2)c2ccc(C)cc2)cc1.[Na+]. The number of carboxylic acid groups (broad SMARTS) is 1. The number of hydrogen-bond acceptors (Lipinski definition) is 5. The molecule has 3 aromatic carbocycles. The average Bonchev–Trinajstić information content (AvgIpc) is 2.77. The van der Waals surface area contributed by atoms with Crippen LogP contribution in [0.5, 0.6) is 5.75 Å². The van der Waals surface area contributed by atoms with Crippen LogP contribution >= 0.6 is 0 Å². The van der Waals surface area contributed by atoms with Crippen LogP contribution < -0.4 is 39.4 Å². The Labute approximate surface area is 217 Å². The summed E-state index contributed by atoms with van der Waals surface area (Å²) in [4.78, 5) is 16.4. The Kier molecular flexibility index (Phi) is 11.2. The summed E-state index contributed by atoms with van der Waals surface area (Å²) in [7, 11) is 0. The first-order chi connectivity index (χ1) is 15.5. The van der Waals surface area contributed by atoms with Crippen LogP contribution in [-0.2, 0) is 16.1 Å². The molecule has 5 nitrogen and oxygen atoms in total. The van der Waals surface area contributed by atoms with E-state index in [4.69, 9.17) is 9.57 Å². The van der Waals surface area contributed by atoms with Gasteiger partial charge in [-0.3, -0.25) is 0 Å². The number of aryl methyl sites for hydroxylation is 2. The maximum atomic E-state index is 10.7. The molecule has 33 heavy (non-hydrogen) atoms. The van der Waals surface area contributed by atoms with E-state index >= 15 is 0 Å². The first-order valence-corrected chi connectivity index (χ1v) is 10.8. The Morgan fingerprint density at radius 1 is 0.848 bits per heavy atom. The molecule has 0 saturated heterocycles. The van der Waals surface area contributed by atoms with E-state index in [9.17, 15) is 9.90 Å². The van der Waals surface area contributed by atoms with E-state index in [1.807, 2.05) is 6.07 Å². The van der Waals surface area contributed by atoms with E-state index < -0.39 is 5.97 Å². The summed E-state index contributed by atoms with van der Waals surface area (Å²) in [5.74, 6) is -0.445. The second-order valence-corrected chi connectivity index (χ2v) is 7.76. The molecule has 3 rings (SSSR count). The molecule has 0 heterocycles. The molecule has 0 aliphatic heterocycles. The van der Waals surface area contributed by atoms with E-state index in [0.29, 0.717) is 24.5 Å². The predicted molar refractivity (Wildman–Crippen MR) is 124 cm³/mol. The quantitative estimate of drug-likeness (QED) is 0.190. The third-order valence-electron chi connectivity index (χ3n) is 4.95. The Balaban J connectivity index is 0.00000385. The van der Waals surface area contributed by atoms with Crippen molar-refractivity contribution in [3.8, 4) is 5.75 Å². The van der Waals surface area contributed by atoms with Crippen molar-refractivity contribution >= 4 is 11.7 Å². The molecule has 0 bridgehead atoms. The number of oxime groups is 1. The molecular weight excluding hydrogens is 425 g/mol. The summed E-state index contributed by atoms with van der Waals surface area (Å²) in [6, 6.07) is 23.6. The van der Waals surface area contributed by atoms with E-state index in [-0.39, 0.29) is 36.0 Å². The number of rotatable bonds is 11. The third kappa shape index (κ3) is 9.04. The number of hydrogen-bond donors (Lipinski definition) is 0. The standard InChI is InChI=1S/C27H29NO4.Na/c1-20-8-12-23(13-9-20)27(24-14-10-21(2)11-15-24)28-32-17-4-3-16-31-25-7-5-6-22(18-25)19-26(29)30;/h5-15,18H,3-4,16-17,19H2,1-2H3,(H,29,30);/q;+1/p-1. The number of nitrogens with zero attached hydrogens (tertiary/aromatic N) is 1. The molecule has 0 aromatic heterocycles. The number of unbranched alkanes of at least 4 members (excludes halogenated alkanes) is 1. The summed E-state index contributed by atoms with van der Waals surface area (Å²) in [5.41, 5.74) is 5.90. The molecule has 0 radical (unpaired) electrons. The Hall–Kier alpha value is -2.60. The monoisotopic (exact) mass is 453 g/mol. The van der Waals surface area contributed by atoms with Gasteiger partial charge in [-0.25, -0.2) is 0 Å². The fourth-order valence-corrected chi connectivity index (χ4v) is 3.18. The first-order valence-electron chi connectivity index (χ1n) is 10.8. The van der Waals surface area contributed by atoms with Gasteiger partial charge in [-0.2, -0.15) is 0 Å². The first kappa shape index (κ1) is 26.7. The molecule has 3 aromatic rings. The van der Waals surface area contributed by atoms with Gasteiger partial charge in [0, 0.05) is 23.5 Å². The van der Waals surface area contributed by atoms with Gasteiger partial charge in [0.25, 0.3) is 0 Å². The molecule has 6 heteroatoms. The van der Waals surface area contributed by atoms with Crippen molar-refractivity contribution in [2.45, 2.75) is 33.1 Å². The van der Waals surface area contributed by atoms with Crippen molar-refractivity contribution in [1.82, 2.24) is 0 Å². The molecular formula is C27H28NNaO4. The summed E-state index contributed by atoms with van der Waals surface area (Å²) < 4.78 is 5.71. The van der Waals surface area contributed by atoms with Crippen molar-refractivity contribution in [2.75, 3.05) is 13.2 Å². The second-order valence-electron chi connectivity index (χ2n) is 7.76. The fourth-order valence-electron chi connectivity index (χ4n) is 3.18. The molecule has 0 saturated carbocycles. The minimum absolute atomic E-state index is 0. The summed E-state index contributed by atoms with van der Waals surface area (Å²) in [6.07, 6.45) is 1.47. The zero-order valence-corrected chi connectivity index (χ0v) is 21.5. The zero-order valence-electron chi connectivity index (χ0n) is 19.5. The van der Waals surface area contributed by atoms with Crippen LogP contribution in [0.3, 0.4) is 0 Å². The van der Waals surface area contributed by atoms with Gasteiger partial charge < -0.3 is 19.5 Å². The number of carboxylic acids is 1. The van der Waals surface area contributed by atoms with E-state index in [1.54, 1.807) is 18.2 Å². The van der Waals surface area contributed by atoms with Gasteiger partial charge in [0.2, 0.25) is 0 Å². The van der Waals surface area contributed by atoms with Crippen LogP contribution in [0.2, 0.25) is 0 Å². The molecule has 0 atom stereocenters. The van der Waals surface area contributed by atoms with Crippen LogP contribution in [-0.4, -0.2) is 24.9 Å². The topological polar surface area (TPSA) is 71.0 Å². The molecule has 0 unspecified atom stereocenters. The van der Waals surface area contributed by atoms with Crippen LogP contribution in [0.15, 0.2) is 78.0 Å². The van der Waals surface area contributed by atoms with Gasteiger partial charge in [0.05, 0.1) is 6.61 Å². The smallest absolute Gasteiger partial charge is 0.550 e. The zero-order chi connectivity index (χ0) is 22.8. The minimum Gasteiger partial charge on any atom is -0.550 e. The number of carbonyl (C=O) groups excluding carboxylic acids is 1. The van der Waals surface area contributed by atoms with Crippen LogP contribution in [0, 0.1) is 13.8 Å². The number of ether oxygens (including phenoxy) is 1. The van der Waals surface area contributed by atoms with Gasteiger partial charge in [0.1, 0.15) is 18.1 Å². The second kappa shape index (κ2) is 13.8. The van der Waals surface area contributed by atoms with Crippen LogP contribution in [0.1, 0.15) is 40.7 Å². The maximum absolute atomic E-state index is 10.7. The van der Waals surface area contributed by atoms with Gasteiger partial charge in [-0.1, -0.05) is 76.9 Å². The normalized spacial score (nSPS) is 10.1. The minimum atomic E-state index is -1.10. The number of benzene rings is 3. The number of aliphatic carboxylic acids is 1. The fraction of sp³-hybridized carbons (Fsp3) is 0.259. The Bertz CT molecular complexity index is 999. The molecule has 0 amide bonds. The molecule has 166 valence electrons. The summed E-state index contributed by atoms with van der Waals surface area (Å²) in [6.45, 7) is 5.12. The molecule has 0 aliphatic carbocycles. The van der Waals surface area contributed by atoms with Crippen molar-refractivity contribution in [2.24, 2.45) is 5.16 Å². The summed E-state index contributed by atoms with van der Waals surface area (Å²) in [5, 5.41) is 15.2. The average molecular weight is 454 g/mol. The van der Waals surface area contributed by atoms with E-state index in [2.05, 4.69) is 67.5 Å². The van der Waals surface area contributed by atoms with E-state index in [0.717, 1.165) is 29.7 Å².